The maximum Gasteiger partial charge on any atom is 0.269 e. The molecule has 1 N–H and O–H groups in total. The van der Waals surface area contributed by atoms with Crippen LogP contribution in [0, 0.1) is 16.0 Å². The number of hydrogen-bond donors (Lipinski definition) is 1. The molecule has 2 atom stereocenters. The third-order valence-electron chi connectivity index (χ3n) is 4.85. The Balaban J connectivity index is 1.83. The number of carbonyl (C=O) groups is 1. The molecule has 0 saturated carbocycles. The molecule has 1 aromatic rings. The van der Waals surface area contributed by atoms with Crippen LogP contribution in [0.1, 0.15) is 5.56 Å². The SMILES string of the molecule is CN(C)CCNC(=O)C1Cc2cc([N+](=O)[O-])ccc2N2CCOCC12. The Bertz CT molecular complexity index is 664. The molecular weight excluding hydrogens is 324 g/mol. The van der Waals surface area contributed by atoms with Gasteiger partial charge in [0.2, 0.25) is 5.91 Å². The summed E-state index contributed by atoms with van der Waals surface area (Å²) in [5.74, 6) is -0.281. The predicted octanol–water partition coefficient (Wildman–Crippen LogP) is 0.650. The van der Waals surface area contributed by atoms with Crippen molar-refractivity contribution in [1.82, 2.24) is 10.2 Å². The first-order chi connectivity index (χ1) is 12.0. The molecular formula is C17H24N4O4. The number of nitrogens with zero attached hydrogens (tertiary/aromatic N) is 3. The van der Waals surface area contributed by atoms with Gasteiger partial charge in [0.05, 0.1) is 30.1 Å². The molecule has 0 aliphatic carbocycles. The maximum absolute atomic E-state index is 12.7. The molecule has 25 heavy (non-hydrogen) atoms. The average Bonchev–Trinajstić information content (AvgIpc) is 2.60. The van der Waals surface area contributed by atoms with Gasteiger partial charge < -0.3 is 19.9 Å². The monoisotopic (exact) mass is 348 g/mol. The molecule has 1 amide bonds. The average molecular weight is 348 g/mol. The third kappa shape index (κ3) is 3.74. The first kappa shape index (κ1) is 17.6. The number of amides is 1. The lowest BCUT2D eigenvalue weighted by Crippen LogP contribution is -2.57. The minimum Gasteiger partial charge on any atom is -0.377 e. The highest BCUT2D eigenvalue weighted by atomic mass is 16.6. The minimum atomic E-state index is -0.391. The fourth-order valence-corrected chi connectivity index (χ4v) is 3.56. The number of nitro groups is 1. The second-order valence-corrected chi connectivity index (χ2v) is 6.81. The number of hydrogen-bond acceptors (Lipinski definition) is 6. The van der Waals surface area contributed by atoms with Crippen LogP contribution in [0.2, 0.25) is 0 Å². The van der Waals surface area contributed by atoms with E-state index < -0.39 is 4.92 Å². The van der Waals surface area contributed by atoms with Crippen molar-refractivity contribution in [3.8, 4) is 0 Å². The smallest absolute Gasteiger partial charge is 0.269 e. The minimum absolute atomic E-state index is 0.0143. The van der Waals surface area contributed by atoms with Crippen molar-refractivity contribution in [2.45, 2.75) is 12.5 Å². The van der Waals surface area contributed by atoms with Crippen molar-refractivity contribution in [2.75, 3.05) is 51.8 Å². The maximum atomic E-state index is 12.7. The first-order valence-corrected chi connectivity index (χ1v) is 8.51. The van der Waals surface area contributed by atoms with Gasteiger partial charge in [-0.15, -0.1) is 0 Å². The number of morpholine rings is 1. The van der Waals surface area contributed by atoms with Crippen molar-refractivity contribution in [2.24, 2.45) is 5.92 Å². The van der Waals surface area contributed by atoms with Crippen molar-refractivity contribution in [3.63, 3.8) is 0 Å². The van der Waals surface area contributed by atoms with E-state index in [2.05, 4.69) is 10.2 Å². The van der Waals surface area contributed by atoms with E-state index in [-0.39, 0.29) is 23.6 Å². The van der Waals surface area contributed by atoms with Crippen molar-refractivity contribution in [3.05, 3.63) is 33.9 Å². The summed E-state index contributed by atoms with van der Waals surface area (Å²) in [4.78, 5) is 27.6. The van der Waals surface area contributed by atoms with Crippen molar-refractivity contribution < 1.29 is 14.5 Å². The number of rotatable bonds is 5. The Kier molecular flexibility index (Phi) is 5.19. The fraction of sp³-hybridized carbons (Fsp3) is 0.588. The molecule has 1 saturated heterocycles. The van der Waals surface area contributed by atoms with Crippen LogP contribution in [0.3, 0.4) is 0 Å². The highest BCUT2D eigenvalue weighted by molar-refractivity contribution is 5.82. The van der Waals surface area contributed by atoms with Gasteiger partial charge in [-0.05, 0) is 32.1 Å². The molecule has 2 heterocycles. The van der Waals surface area contributed by atoms with E-state index in [9.17, 15) is 14.9 Å². The van der Waals surface area contributed by atoms with Crippen LogP contribution in [-0.4, -0.2) is 68.7 Å². The zero-order valence-corrected chi connectivity index (χ0v) is 14.6. The van der Waals surface area contributed by atoms with Gasteiger partial charge in [-0.2, -0.15) is 0 Å². The van der Waals surface area contributed by atoms with Crippen LogP contribution in [-0.2, 0) is 16.0 Å². The summed E-state index contributed by atoms with van der Waals surface area (Å²) in [5, 5.41) is 14.1. The number of ether oxygens (including phenoxy) is 1. The zero-order chi connectivity index (χ0) is 18.0. The molecule has 1 aromatic carbocycles. The molecule has 1 fully saturated rings. The highest BCUT2D eigenvalue weighted by Crippen LogP contribution is 2.37. The Morgan fingerprint density at radius 1 is 1.48 bits per heavy atom. The fourth-order valence-electron chi connectivity index (χ4n) is 3.56. The van der Waals surface area contributed by atoms with E-state index in [0.717, 1.165) is 17.8 Å². The van der Waals surface area contributed by atoms with Crippen LogP contribution in [0.4, 0.5) is 11.4 Å². The van der Waals surface area contributed by atoms with E-state index >= 15 is 0 Å². The van der Waals surface area contributed by atoms with Crippen LogP contribution < -0.4 is 10.2 Å². The van der Waals surface area contributed by atoms with E-state index in [1.807, 2.05) is 19.0 Å². The third-order valence-corrected chi connectivity index (χ3v) is 4.85. The van der Waals surface area contributed by atoms with Gasteiger partial charge in [0.15, 0.2) is 0 Å². The molecule has 2 unspecified atom stereocenters. The highest BCUT2D eigenvalue weighted by Gasteiger charge is 2.40. The molecule has 0 radical (unpaired) electrons. The molecule has 0 aromatic heterocycles. The van der Waals surface area contributed by atoms with Crippen LogP contribution in [0.5, 0.6) is 0 Å². The summed E-state index contributed by atoms with van der Waals surface area (Å²) in [5.41, 5.74) is 1.91. The van der Waals surface area contributed by atoms with Gasteiger partial charge in [0.1, 0.15) is 0 Å². The number of fused-ring (bicyclic) bond motifs is 3. The van der Waals surface area contributed by atoms with Crippen molar-refractivity contribution in [1.29, 1.82) is 0 Å². The van der Waals surface area contributed by atoms with Gasteiger partial charge in [0.25, 0.3) is 5.69 Å². The number of carbonyl (C=O) groups excluding carboxylic acids is 1. The lowest BCUT2D eigenvalue weighted by Gasteiger charge is -2.45. The summed E-state index contributed by atoms with van der Waals surface area (Å²) < 4.78 is 5.60. The lowest BCUT2D eigenvalue weighted by molar-refractivity contribution is -0.384. The molecule has 2 aliphatic rings. The van der Waals surface area contributed by atoms with E-state index in [4.69, 9.17) is 4.74 Å². The molecule has 8 nitrogen and oxygen atoms in total. The van der Waals surface area contributed by atoms with Crippen LogP contribution in [0.25, 0.3) is 0 Å². The number of benzene rings is 1. The molecule has 8 heteroatoms. The Hall–Kier alpha value is -2.19. The number of nitrogens with one attached hydrogen (secondary N) is 1. The van der Waals surface area contributed by atoms with Gasteiger partial charge >= 0.3 is 0 Å². The predicted molar refractivity (Wildman–Crippen MR) is 93.8 cm³/mol. The summed E-state index contributed by atoms with van der Waals surface area (Å²) in [6.45, 7) is 3.14. The number of nitro benzene ring substituents is 1. The summed E-state index contributed by atoms with van der Waals surface area (Å²) >= 11 is 0. The molecule has 136 valence electrons. The number of anilines is 1. The second-order valence-electron chi connectivity index (χ2n) is 6.81. The van der Waals surface area contributed by atoms with Gasteiger partial charge in [-0.25, -0.2) is 0 Å². The van der Waals surface area contributed by atoms with Gasteiger partial charge in [0, 0.05) is 37.5 Å². The van der Waals surface area contributed by atoms with Crippen LogP contribution in [0.15, 0.2) is 18.2 Å². The zero-order valence-electron chi connectivity index (χ0n) is 14.6. The molecule has 2 aliphatic heterocycles. The summed E-state index contributed by atoms with van der Waals surface area (Å²) in [7, 11) is 3.91. The molecule has 3 rings (SSSR count). The quantitative estimate of drug-likeness (QED) is 0.621. The normalized spacial score (nSPS) is 22.3. The summed E-state index contributed by atoms with van der Waals surface area (Å²) in [6.07, 6.45) is 0.495. The second kappa shape index (κ2) is 7.37. The number of likely N-dealkylation sites (N-methyl/N-ethyl adjacent to an activating group) is 1. The topological polar surface area (TPSA) is 88.0 Å². The van der Waals surface area contributed by atoms with E-state index in [1.165, 1.54) is 6.07 Å². The van der Waals surface area contributed by atoms with Gasteiger partial charge in [-0.3, -0.25) is 14.9 Å². The lowest BCUT2D eigenvalue weighted by atomic mass is 9.84. The van der Waals surface area contributed by atoms with E-state index in [0.29, 0.717) is 32.7 Å². The number of non-ortho nitro benzene ring substituents is 1. The van der Waals surface area contributed by atoms with Crippen molar-refractivity contribution >= 4 is 17.3 Å². The molecule has 0 bridgehead atoms. The molecule has 0 spiro atoms. The first-order valence-electron chi connectivity index (χ1n) is 8.51. The Morgan fingerprint density at radius 3 is 3.00 bits per heavy atom. The Labute approximate surface area is 146 Å². The standard InChI is InChI=1S/C17H24N4O4/c1-19(2)6-5-18-17(22)14-10-12-9-13(21(23)24)3-4-15(12)20-7-8-25-11-16(14)20/h3-4,9,14,16H,5-8,10-11H2,1-2H3,(H,18,22). The Morgan fingerprint density at radius 2 is 2.28 bits per heavy atom. The van der Waals surface area contributed by atoms with E-state index in [1.54, 1.807) is 12.1 Å². The van der Waals surface area contributed by atoms with Gasteiger partial charge in [-0.1, -0.05) is 0 Å². The van der Waals surface area contributed by atoms with Crippen LogP contribution >= 0.6 is 0 Å². The largest absolute Gasteiger partial charge is 0.377 e. The summed E-state index contributed by atoms with van der Waals surface area (Å²) in [6, 6.07) is 4.90.